The summed E-state index contributed by atoms with van der Waals surface area (Å²) >= 11 is 0. The minimum absolute atomic E-state index is 0.318. The fourth-order valence-corrected chi connectivity index (χ4v) is 2.52. The molecule has 0 unspecified atom stereocenters. The van der Waals surface area contributed by atoms with Gasteiger partial charge in [-0.2, -0.15) is 0 Å². The Labute approximate surface area is 97.4 Å². The third-order valence-electron chi connectivity index (χ3n) is 2.99. The first-order valence-corrected chi connectivity index (χ1v) is 6.81. The van der Waals surface area contributed by atoms with E-state index in [1.165, 1.54) is 25.7 Å². The van der Waals surface area contributed by atoms with Crippen molar-refractivity contribution in [2.75, 3.05) is 6.61 Å². The Hall–Kier alpha value is -1.03. The average Bonchev–Trinajstić information content (AvgIpc) is 2.79. The van der Waals surface area contributed by atoms with Crippen LogP contribution in [0.2, 0.25) is 0 Å². The van der Waals surface area contributed by atoms with Gasteiger partial charge in [0.15, 0.2) is 10.7 Å². The van der Waals surface area contributed by atoms with Gasteiger partial charge in [0.1, 0.15) is 5.75 Å². The van der Waals surface area contributed by atoms with Crippen molar-refractivity contribution in [2.45, 2.75) is 30.6 Å². The first kappa shape index (κ1) is 11.5. The molecular formula is C12H16O3S. The number of benzene rings is 1. The Morgan fingerprint density at radius 2 is 2.00 bits per heavy atom. The van der Waals surface area contributed by atoms with Gasteiger partial charge in [-0.25, -0.2) is 8.42 Å². The van der Waals surface area contributed by atoms with Crippen LogP contribution in [0, 0.1) is 5.92 Å². The summed E-state index contributed by atoms with van der Waals surface area (Å²) in [6.07, 6.45) is 5.05. The zero-order valence-corrected chi connectivity index (χ0v) is 9.99. The maximum absolute atomic E-state index is 10.8. The van der Waals surface area contributed by atoms with E-state index in [4.69, 9.17) is 4.74 Å². The molecule has 1 saturated carbocycles. The second-order valence-corrected chi connectivity index (χ2v) is 5.25. The smallest absolute Gasteiger partial charge is 0.168 e. The van der Waals surface area contributed by atoms with Gasteiger partial charge in [0, 0.05) is 0 Å². The van der Waals surface area contributed by atoms with Gasteiger partial charge in [-0.3, -0.25) is 0 Å². The lowest BCUT2D eigenvalue weighted by molar-refractivity contribution is 0.251. The van der Waals surface area contributed by atoms with Crippen LogP contribution in [0.5, 0.6) is 5.75 Å². The van der Waals surface area contributed by atoms with Crippen molar-refractivity contribution in [3.05, 3.63) is 24.3 Å². The van der Waals surface area contributed by atoms with E-state index in [-0.39, 0.29) is 0 Å². The lowest BCUT2D eigenvalue weighted by Gasteiger charge is -2.11. The minimum Gasteiger partial charge on any atom is -0.493 e. The minimum atomic E-state index is -2.51. The zero-order valence-electron chi connectivity index (χ0n) is 9.09. The summed E-state index contributed by atoms with van der Waals surface area (Å²) in [6.45, 7) is 0.707. The summed E-state index contributed by atoms with van der Waals surface area (Å²) < 4.78 is 27.2. The van der Waals surface area contributed by atoms with Crippen molar-refractivity contribution in [2.24, 2.45) is 5.92 Å². The van der Waals surface area contributed by atoms with Crippen LogP contribution < -0.4 is 4.74 Å². The van der Waals surface area contributed by atoms with Gasteiger partial charge in [-0.1, -0.05) is 18.9 Å². The molecule has 0 radical (unpaired) electrons. The van der Waals surface area contributed by atoms with Crippen LogP contribution >= 0.6 is 0 Å². The molecule has 0 saturated heterocycles. The molecule has 0 bridgehead atoms. The van der Waals surface area contributed by atoms with E-state index in [1.807, 2.05) is 0 Å². The summed E-state index contributed by atoms with van der Waals surface area (Å²) in [5.74, 6) is 1.30. The second kappa shape index (κ2) is 5.34. The predicted molar refractivity (Wildman–Crippen MR) is 62.5 cm³/mol. The standard InChI is InChI=1S/C12H16O3S/c13-16(14)12-7-3-6-11(8-12)15-9-10-4-1-2-5-10/h3,6-8,10,16H,1-2,4-5,9H2. The van der Waals surface area contributed by atoms with E-state index in [9.17, 15) is 8.42 Å². The molecule has 1 aliphatic carbocycles. The highest BCUT2D eigenvalue weighted by Gasteiger charge is 2.15. The first-order valence-electron chi connectivity index (χ1n) is 5.63. The van der Waals surface area contributed by atoms with Crippen LogP contribution in [-0.2, 0) is 10.7 Å². The van der Waals surface area contributed by atoms with Crippen molar-refractivity contribution in [1.82, 2.24) is 0 Å². The highest BCUT2D eigenvalue weighted by Crippen LogP contribution is 2.25. The van der Waals surface area contributed by atoms with Gasteiger partial charge < -0.3 is 4.74 Å². The highest BCUT2D eigenvalue weighted by molar-refractivity contribution is 7.72. The second-order valence-electron chi connectivity index (χ2n) is 4.22. The molecule has 1 aromatic carbocycles. The fourth-order valence-electron chi connectivity index (χ4n) is 2.08. The number of thiol groups is 1. The summed E-state index contributed by atoms with van der Waals surface area (Å²) in [4.78, 5) is 0.318. The van der Waals surface area contributed by atoms with Crippen LogP contribution in [0.15, 0.2) is 29.2 Å². The predicted octanol–water partition coefficient (Wildman–Crippen LogP) is 2.23. The topological polar surface area (TPSA) is 43.4 Å². The van der Waals surface area contributed by atoms with Gasteiger partial charge in [0.05, 0.1) is 11.5 Å². The summed E-state index contributed by atoms with van der Waals surface area (Å²) in [5.41, 5.74) is 0. The summed E-state index contributed by atoms with van der Waals surface area (Å²) in [5, 5.41) is 0. The van der Waals surface area contributed by atoms with Gasteiger partial charge in [0.25, 0.3) is 0 Å². The van der Waals surface area contributed by atoms with E-state index >= 15 is 0 Å². The first-order chi connectivity index (χ1) is 7.75. The maximum atomic E-state index is 10.8. The molecule has 0 amide bonds. The van der Waals surface area contributed by atoms with E-state index in [0.717, 1.165) is 0 Å². The molecule has 1 aliphatic rings. The molecule has 0 heterocycles. The third kappa shape index (κ3) is 2.98. The van der Waals surface area contributed by atoms with Crippen LogP contribution in [0.25, 0.3) is 0 Å². The molecule has 2 rings (SSSR count). The van der Waals surface area contributed by atoms with E-state index < -0.39 is 10.7 Å². The third-order valence-corrected chi connectivity index (χ3v) is 3.69. The normalized spacial score (nSPS) is 16.8. The number of hydrogen-bond donors (Lipinski definition) is 1. The highest BCUT2D eigenvalue weighted by atomic mass is 32.2. The summed E-state index contributed by atoms with van der Waals surface area (Å²) in [6, 6.07) is 6.68. The SMILES string of the molecule is O=[SH](=O)c1cccc(OCC2CCCC2)c1. The van der Waals surface area contributed by atoms with Crippen LogP contribution in [0.3, 0.4) is 0 Å². The maximum Gasteiger partial charge on any atom is 0.168 e. The molecule has 0 spiro atoms. The monoisotopic (exact) mass is 240 g/mol. The Morgan fingerprint density at radius 1 is 1.25 bits per heavy atom. The zero-order chi connectivity index (χ0) is 11.4. The average molecular weight is 240 g/mol. The van der Waals surface area contributed by atoms with Crippen molar-refractivity contribution in [3.63, 3.8) is 0 Å². The van der Waals surface area contributed by atoms with Crippen LogP contribution in [0.1, 0.15) is 25.7 Å². The van der Waals surface area contributed by atoms with Gasteiger partial charge in [0.2, 0.25) is 0 Å². The fraction of sp³-hybridized carbons (Fsp3) is 0.500. The Kier molecular flexibility index (Phi) is 3.83. The Balaban J connectivity index is 1.95. The lowest BCUT2D eigenvalue weighted by atomic mass is 10.1. The number of rotatable bonds is 4. The van der Waals surface area contributed by atoms with Crippen LogP contribution in [-0.4, -0.2) is 15.0 Å². The molecular weight excluding hydrogens is 224 g/mol. The van der Waals surface area contributed by atoms with E-state index in [2.05, 4.69) is 0 Å². The molecule has 3 nitrogen and oxygen atoms in total. The van der Waals surface area contributed by atoms with Crippen molar-refractivity contribution < 1.29 is 13.2 Å². The Morgan fingerprint density at radius 3 is 2.69 bits per heavy atom. The molecule has 16 heavy (non-hydrogen) atoms. The van der Waals surface area contributed by atoms with Gasteiger partial charge >= 0.3 is 0 Å². The van der Waals surface area contributed by atoms with E-state index in [1.54, 1.807) is 24.3 Å². The molecule has 0 aromatic heterocycles. The number of hydrogen-bond acceptors (Lipinski definition) is 3. The summed E-state index contributed by atoms with van der Waals surface area (Å²) in [7, 11) is -2.51. The van der Waals surface area contributed by atoms with Crippen molar-refractivity contribution in [3.8, 4) is 5.75 Å². The van der Waals surface area contributed by atoms with E-state index in [0.29, 0.717) is 23.2 Å². The largest absolute Gasteiger partial charge is 0.493 e. The van der Waals surface area contributed by atoms with Gasteiger partial charge in [-0.15, -0.1) is 0 Å². The lowest BCUT2D eigenvalue weighted by Crippen LogP contribution is -2.07. The molecule has 0 atom stereocenters. The quantitative estimate of drug-likeness (QED) is 0.821. The molecule has 4 heteroatoms. The molecule has 88 valence electrons. The molecule has 1 fully saturated rings. The molecule has 1 aromatic rings. The molecule has 0 aliphatic heterocycles. The van der Waals surface area contributed by atoms with Crippen molar-refractivity contribution in [1.29, 1.82) is 0 Å². The van der Waals surface area contributed by atoms with Crippen molar-refractivity contribution >= 4 is 10.7 Å². The van der Waals surface area contributed by atoms with Crippen LogP contribution in [0.4, 0.5) is 0 Å². The number of ether oxygens (including phenoxy) is 1. The Bertz CT molecular complexity index is 412. The molecule has 0 N–H and O–H groups in total. The van der Waals surface area contributed by atoms with Gasteiger partial charge in [-0.05, 0) is 37.0 Å².